The average molecular weight is 290 g/mol. The highest BCUT2D eigenvalue weighted by Gasteiger charge is 2.24. The Labute approximate surface area is 117 Å². The van der Waals surface area contributed by atoms with Crippen LogP contribution in [-0.2, 0) is 17.1 Å². The number of hydrogen-bond acceptors (Lipinski definition) is 4. The van der Waals surface area contributed by atoms with Crippen LogP contribution < -0.4 is 4.72 Å². The number of hydrogen-bond donors (Lipinski definition) is 1. The molecule has 6 nitrogen and oxygen atoms in total. The van der Waals surface area contributed by atoms with E-state index in [9.17, 15) is 8.42 Å². The number of benzene rings is 1. The van der Waals surface area contributed by atoms with E-state index in [0.717, 1.165) is 0 Å². The second-order valence-corrected chi connectivity index (χ2v) is 6.01. The van der Waals surface area contributed by atoms with Gasteiger partial charge >= 0.3 is 0 Å². The molecule has 1 aromatic heterocycles. The number of nitrogens with one attached hydrogen (secondary N) is 1. The van der Waals surface area contributed by atoms with Gasteiger partial charge in [0, 0.05) is 7.05 Å². The molecule has 0 amide bonds. The molecule has 0 aliphatic carbocycles. The Morgan fingerprint density at radius 3 is 2.50 bits per heavy atom. The summed E-state index contributed by atoms with van der Waals surface area (Å²) in [6.07, 6.45) is 0. The number of rotatable bonds is 3. The highest BCUT2D eigenvalue weighted by molar-refractivity contribution is 7.92. The fraction of sp³-hybridized carbons (Fsp3) is 0.231. The third-order valence-electron chi connectivity index (χ3n) is 3.00. The first kappa shape index (κ1) is 14.1. The van der Waals surface area contributed by atoms with Crippen molar-refractivity contribution in [3.05, 3.63) is 41.2 Å². The van der Waals surface area contributed by atoms with Gasteiger partial charge in [-0.15, -0.1) is 0 Å². The van der Waals surface area contributed by atoms with Gasteiger partial charge in [0.2, 0.25) is 0 Å². The van der Waals surface area contributed by atoms with E-state index in [1.54, 1.807) is 45.2 Å². The molecule has 104 valence electrons. The summed E-state index contributed by atoms with van der Waals surface area (Å²) in [5.74, 6) is 0. The van der Waals surface area contributed by atoms with E-state index in [-0.39, 0.29) is 16.1 Å². The van der Waals surface area contributed by atoms with Crippen LogP contribution in [0.4, 0.5) is 5.69 Å². The fourth-order valence-electron chi connectivity index (χ4n) is 2.01. The first-order valence-electron chi connectivity index (χ1n) is 5.89. The predicted molar refractivity (Wildman–Crippen MR) is 74.6 cm³/mol. The summed E-state index contributed by atoms with van der Waals surface area (Å²) in [4.78, 5) is 0.146. The van der Waals surface area contributed by atoms with Gasteiger partial charge in [0.25, 0.3) is 10.0 Å². The van der Waals surface area contributed by atoms with E-state index in [1.807, 2.05) is 6.07 Å². The van der Waals surface area contributed by atoms with Crippen molar-refractivity contribution in [3.63, 3.8) is 0 Å². The van der Waals surface area contributed by atoms with Crippen LogP contribution in [0.5, 0.6) is 0 Å². The topological polar surface area (TPSA) is 87.8 Å². The monoisotopic (exact) mass is 290 g/mol. The van der Waals surface area contributed by atoms with Gasteiger partial charge in [0.15, 0.2) is 0 Å². The van der Waals surface area contributed by atoms with Gasteiger partial charge in [-0.3, -0.25) is 9.40 Å². The molecule has 0 spiro atoms. The zero-order valence-electron chi connectivity index (χ0n) is 11.4. The first-order chi connectivity index (χ1) is 9.36. The minimum absolute atomic E-state index is 0.146. The van der Waals surface area contributed by atoms with Crippen LogP contribution in [0.3, 0.4) is 0 Å². The van der Waals surface area contributed by atoms with Crippen molar-refractivity contribution in [3.8, 4) is 6.07 Å². The normalized spacial score (nSPS) is 11.1. The average Bonchev–Trinajstić information content (AvgIpc) is 2.63. The number of para-hydroxylation sites is 1. The molecule has 20 heavy (non-hydrogen) atoms. The van der Waals surface area contributed by atoms with Crippen LogP contribution in [-0.4, -0.2) is 18.2 Å². The quantitative estimate of drug-likeness (QED) is 0.932. The molecule has 0 bridgehead atoms. The smallest absolute Gasteiger partial charge is 0.265 e. The molecule has 0 atom stereocenters. The largest absolute Gasteiger partial charge is 0.278 e. The molecule has 0 aliphatic rings. The number of anilines is 1. The van der Waals surface area contributed by atoms with Gasteiger partial charge in [-0.05, 0) is 26.0 Å². The van der Waals surface area contributed by atoms with Gasteiger partial charge in [0.1, 0.15) is 11.0 Å². The molecular weight excluding hydrogens is 276 g/mol. The van der Waals surface area contributed by atoms with Crippen molar-refractivity contribution in [2.75, 3.05) is 4.72 Å². The number of aromatic nitrogens is 2. The van der Waals surface area contributed by atoms with E-state index in [2.05, 4.69) is 9.82 Å². The van der Waals surface area contributed by atoms with Crippen molar-refractivity contribution in [1.82, 2.24) is 9.78 Å². The van der Waals surface area contributed by atoms with E-state index in [0.29, 0.717) is 11.4 Å². The Morgan fingerprint density at radius 1 is 1.30 bits per heavy atom. The van der Waals surface area contributed by atoms with Gasteiger partial charge in [-0.1, -0.05) is 12.1 Å². The maximum atomic E-state index is 12.5. The standard InChI is InChI=1S/C13H14N4O2S/c1-9-13(10(2)17(3)15-9)20(18,19)16-12-7-5-4-6-11(12)8-14/h4-7,16H,1-3H3. The molecule has 1 heterocycles. The lowest BCUT2D eigenvalue weighted by Gasteiger charge is -2.09. The fourth-order valence-corrected chi connectivity index (χ4v) is 3.53. The van der Waals surface area contributed by atoms with Crippen LogP contribution in [0, 0.1) is 25.2 Å². The third-order valence-corrected chi connectivity index (χ3v) is 4.62. The second kappa shape index (κ2) is 4.98. The third kappa shape index (κ3) is 2.38. The lowest BCUT2D eigenvalue weighted by Crippen LogP contribution is -2.15. The summed E-state index contributed by atoms with van der Waals surface area (Å²) >= 11 is 0. The highest BCUT2D eigenvalue weighted by atomic mass is 32.2. The molecule has 0 unspecified atom stereocenters. The zero-order chi connectivity index (χ0) is 14.9. The van der Waals surface area contributed by atoms with Gasteiger partial charge < -0.3 is 0 Å². The SMILES string of the molecule is Cc1nn(C)c(C)c1S(=O)(=O)Nc1ccccc1C#N. The van der Waals surface area contributed by atoms with E-state index < -0.39 is 10.0 Å². The molecule has 0 saturated carbocycles. The lowest BCUT2D eigenvalue weighted by atomic mass is 10.2. The molecule has 0 saturated heterocycles. The molecule has 1 aromatic carbocycles. The molecular formula is C13H14N4O2S. The van der Waals surface area contributed by atoms with Gasteiger partial charge in [-0.2, -0.15) is 10.4 Å². The van der Waals surface area contributed by atoms with E-state index >= 15 is 0 Å². The molecule has 7 heteroatoms. The maximum Gasteiger partial charge on any atom is 0.265 e. The van der Waals surface area contributed by atoms with Crippen molar-refractivity contribution in [2.24, 2.45) is 7.05 Å². The summed E-state index contributed by atoms with van der Waals surface area (Å²) in [7, 11) is -2.09. The molecule has 0 radical (unpaired) electrons. The predicted octanol–water partition coefficient (Wildman–Crippen LogP) is 1.71. The summed E-state index contributed by atoms with van der Waals surface area (Å²) in [5, 5.41) is 13.1. The van der Waals surface area contributed by atoms with Crippen molar-refractivity contribution < 1.29 is 8.42 Å². The minimum atomic E-state index is -3.77. The molecule has 2 aromatic rings. The summed E-state index contributed by atoms with van der Waals surface area (Å²) in [6, 6.07) is 8.41. The van der Waals surface area contributed by atoms with Crippen molar-refractivity contribution in [1.29, 1.82) is 5.26 Å². The Morgan fingerprint density at radius 2 is 1.95 bits per heavy atom. The Bertz CT molecular complexity index is 800. The first-order valence-corrected chi connectivity index (χ1v) is 7.37. The van der Waals surface area contributed by atoms with Crippen molar-refractivity contribution >= 4 is 15.7 Å². The van der Waals surface area contributed by atoms with Crippen LogP contribution in [0.1, 0.15) is 17.0 Å². The lowest BCUT2D eigenvalue weighted by molar-refractivity contribution is 0.599. The molecule has 2 rings (SSSR count). The Hall–Kier alpha value is -2.33. The maximum absolute atomic E-state index is 12.5. The Kier molecular flexibility index (Phi) is 3.51. The van der Waals surface area contributed by atoms with E-state index in [4.69, 9.17) is 5.26 Å². The van der Waals surface area contributed by atoms with E-state index in [1.165, 1.54) is 4.68 Å². The molecule has 0 aliphatic heterocycles. The van der Waals surface area contributed by atoms with Crippen LogP contribution >= 0.6 is 0 Å². The molecule has 1 N–H and O–H groups in total. The zero-order valence-corrected chi connectivity index (χ0v) is 12.2. The minimum Gasteiger partial charge on any atom is -0.278 e. The van der Waals surface area contributed by atoms with Crippen LogP contribution in [0.15, 0.2) is 29.2 Å². The summed E-state index contributed by atoms with van der Waals surface area (Å²) < 4.78 is 28.9. The van der Waals surface area contributed by atoms with Gasteiger partial charge in [-0.25, -0.2) is 8.42 Å². The van der Waals surface area contributed by atoms with Crippen LogP contribution in [0.25, 0.3) is 0 Å². The number of aryl methyl sites for hydroxylation is 2. The Balaban J connectivity index is 2.50. The summed E-state index contributed by atoms with van der Waals surface area (Å²) in [5.41, 5.74) is 1.50. The second-order valence-electron chi connectivity index (χ2n) is 4.39. The number of nitrogens with zero attached hydrogens (tertiary/aromatic N) is 3. The van der Waals surface area contributed by atoms with Crippen LogP contribution in [0.2, 0.25) is 0 Å². The number of sulfonamides is 1. The van der Waals surface area contributed by atoms with Crippen molar-refractivity contribution in [2.45, 2.75) is 18.7 Å². The van der Waals surface area contributed by atoms with Gasteiger partial charge in [0.05, 0.1) is 22.6 Å². The highest BCUT2D eigenvalue weighted by Crippen LogP contribution is 2.23. The summed E-state index contributed by atoms with van der Waals surface area (Å²) in [6.45, 7) is 3.32. The number of nitriles is 1. The molecule has 0 fully saturated rings.